The minimum atomic E-state index is 1.10. The topological polar surface area (TPSA) is 6.48 Å². The van der Waals surface area contributed by atoms with Gasteiger partial charge in [0.15, 0.2) is 0 Å². The average molecular weight is 681 g/mol. The van der Waals surface area contributed by atoms with Gasteiger partial charge in [0, 0.05) is 34.1 Å². The molecule has 0 unspecified atom stereocenters. The molecule has 2 nitrogen and oxygen atoms in total. The number of hydrogen-bond donors (Lipinski definition) is 0. The van der Waals surface area contributed by atoms with Crippen LogP contribution in [0.4, 0.5) is 34.1 Å². The Bertz CT molecular complexity index is 2320. The Morgan fingerprint density at radius 3 is 1.02 bits per heavy atom. The molecule has 2 heteroatoms. The number of aryl methyl sites for hydroxylation is 1. The zero-order valence-electron chi connectivity index (χ0n) is 29.8. The Hall–Kier alpha value is -6.90. The van der Waals surface area contributed by atoms with Crippen LogP contribution in [0.25, 0.3) is 34.4 Å². The molecule has 8 rings (SSSR count). The molecular weight excluding hydrogens is 641 g/mol. The third-order valence-electron chi connectivity index (χ3n) is 9.51. The molecule has 0 radical (unpaired) electrons. The van der Waals surface area contributed by atoms with Crippen LogP contribution in [-0.2, 0) is 0 Å². The van der Waals surface area contributed by atoms with Crippen molar-refractivity contribution in [3.63, 3.8) is 0 Å². The Kier molecular flexibility index (Phi) is 9.76. The standard InChI is InChI=1S/C51H40N2/c1-39-12-11-19-51(38-39)53(46-17-9-4-10-18-46)48-32-24-41(25-33-48)21-20-40-22-30-47(31-23-40)52(49-34-26-44(27-35-49)42-13-5-2-6-14-42)50-36-28-45(29-37-50)43-15-7-3-8-16-43/h2-38H,1H3/b21-20+. The van der Waals surface area contributed by atoms with Gasteiger partial charge in [0.1, 0.15) is 0 Å². The van der Waals surface area contributed by atoms with Gasteiger partial charge in [-0.3, -0.25) is 0 Å². The van der Waals surface area contributed by atoms with Crippen molar-refractivity contribution >= 4 is 46.3 Å². The van der Waals surface area contributed by atoms with Crippen LogP contribution in [0.15, 0.2) is 212 Å². The van der Waals surface area contributed by atoms with Crippen LogP contribution in [0.1, 0.15) is 16.7 Å². The fourth-order valence-electron chi connectivity index (χ4n) is 6.77. The van der Waals surface area contributed by atoms with Gasteiger partial charge in [0.2, 0.25) is 0 Å². The van der Waals surface area contributed by atoms with Gasteiger partial charge in [-0.2, -0.15) is 0 Å². The summed E-state index contributed by atoms with van der Waals surface area (Å²) in [5.74, 6) is 0. The second kappa shape index (κ2) is 15.6. The highest BCUT2D eigenvalue weighted by atomic mass is 15.1. The molecule has 0 amide bonds. The zero-order valence-corrected chi connectivity index (χ0v) is 29.8. The highest BCUT2D eigenvalue weighted by molar-refractivity contribution is 5.82. The summed E-state index contributed by atoms with van der Waals surface area (Å²) in [5, 5.41) is 0. The highest BCUT2D eigenvalue weighted by Crippen LogP contribution is 2.38. The van der Waals surface area contributed by atoms with Gasteiger partial charge < -0.3 is 9.80 Å². The molecule has 0 atom stereocenters. The molecule has 254 valence electrons. The van der Waals surface area contributed by atoms with Crippen LogP contribution >= 0.6 is 0 Å². The smallest absolute Gasteiger partial charge is 0.0464 e. The van der Waals surface area contributed by atoms with Crippen molar-refractivity contribution in [2.45, 2.75) is 6.92 Å². The van der Waals surface area contributed by atoms with Crippen LogP contribution in [0.2, 0.25) is 0 Å². The first-order valence-corrected chi connectivity index (χ1v) is 18.1. The third kappa shape index (κ3) is 7.73. The first-order valence-electron chi connectivity index (χ1n) is 18.1. The van der Waals surface area contributed by atoms with Crippen LogP contribution in [0.5, 0.6) is 0 Å². The Morgan fingerprint density at radius 1 is 0.283 bits per heavy atom. The molecule has 0 bridgehead atoms. The monoisotopic (exact) mass is 680 g/mol. The number of nitrogens with zero attached hydrogens (tertiary/aromatic N) is 2. The quantitative estimate of drug-likeness (QED) is 0.133. The lowest BCUT2D eigenvalue weighted by Gasteiger charge is -2.26. The summed E-state index contributed by atoms with van der Waals surface area (Å²) in [6.07, 6.45) is 4.36. The minimum Gasteiger partial charge on any atom is -0.311 e. The minimum absolute atomic E-state index is 1.10. The van der Waals surface area contributed by atoms with Crippen molar-refractivity contribution in [1.82, 2.24) is 0 Å². The fourth-order valence-corrected chi connectivity index (χ4v) is 6.77. The second-order valence-corrected chi connectivity index (χ2v) is 13.2. The van der Waals surface area contributed by atoms with E-state index in [4.69, 9.17) is 0 Å². The number of benzene rings is 8. The lowest BCUT2D eigenvalue weighted by Crippen LogP contribution is -2.09. The predicted molar refractivity (Wildman–Crippen MR) is 227 cm³/mol. The molecule has 8 aromatic carbocycles. The highest BCUT2D eigenvalue weighted by Gasteiger charge is 2.14. The molecule has 0 aliphatic rings. The normalized spacial score (nSPS) is 11.0. The number of rotatable bonds is 10. The van der Waals surface area contributed by atoms with Crippen molar-refractivity contribution < 1.29 is 0 Å². The van der Waals surface area contributed by atoms with Gasteiger partial charge >= 0.3 is 0 Å². The van der Waals surface area contributed by atoms with Gasteiger partial charge in [0.05, 0.1) is 0 Å². The predicted octanol–water partition coefficient (Wildman–Crippen LogP) is 14.4. The third-order valence-corrected chi connectivity index (χ3v) is 9.51. The summed E-state index contributed by atoms with van der Waals surface area (Å²) < 4.78 is 0. The fraction of sp³-hybridized carbons (Fsp3) is 0.0196. The maximum Gasteiger partial charge on any atom is 0.0464 e. The van der Waals surface area contributed by atoms with E-state index in [2.05, 4.69) is 241 Å². The first kappa shape index (κ1) is 33.3. The van der Waals surface area contributed by atoms with Crippen LogP contribution < -0.4 is 9.80 Å². The van der Waals surface area contributed by atoms with E-state index in [1.807, 2.05) is 0 Å². The molecule has 8 aromatic rings. The number of para-hydroxylation sites is 1. The summed E-state index contributed by atoms with van der Waals surface area (Å²) in [4.78, 5) is 4.62. The SMILES string of the molecule is Cc1cccc(N(c2ccccc2)c2ccc(/C=C/c3ccc(N(c4ccc(-c5ccccc5)cc4)c4ccc(-c5ccccc5)cc4)cc3)cc2)c1. The van der Waals surface area contributed by atoms with Crippen molar-refractivity contribution in [1.29, 1.82) is 0 Å². The lowest BCUT2D eigenvalue weighted by molar-refractivity contribution is 1.27. The van der Waals surface area contributed by atoms with Gasteiger partial charge in [-0.25, -0.2) is 0 Å². The molecule has 0 aliphatic heterocycles. The van der Waals surface area contributed by atoms with E-state index >= 15 is 0 Å². The van der Waals surface area contributed by atoms with Crippen LogP contribution in [0, 0.1) is 6.92 Å². The molecule has 0 aromatic heterocycles. The maximum atomic E-state index is 2.32. The largest absolute Gasteiger partial charge is 0.311 e. The molecule has 0 aliphatic carbocycles. The summed E-state index contributed by atoms with van der Waals surface area (Å²) in [6.45, 7) is 2.14. The molecule has 0 heterocycles. The van der Waals surface area contributed by atoms with E-state index in [1.54, 1.807) is 0 Å². The number of anilines is 6. The van der Waals surface area contributed by atoms with Crippen LogP contribution in [-0.4, -0.2) is 0 Å². The lowest BCUT2D eigenvalue weighted by atomic mass is 10.0. The van der Waals surface area contributed by atoms with Gasteiger partial charge in [0.25, 0.3) is 0 Å². The van der Waals surface area contributed by atoms with Crippen molar-refractivity contribution in [2.24, 2.45) is 0 Å². The van der Waals surface area contributed by atoms with E-state index in [1.165, 1.54) is 27.8 Å². The average Bonchev–Trinajstić information content (AvgIpc) is 3.23. The van der Waals surface area contributed by atoms with Gasteiger partial charge in [-0.1, -0.05) is 152 Å². The van der Waals surface area contributed by atoms with E-state index in [0.29, 0.717) is 0 Å². The molecule has 0 N–H and O–H groups in total. The zero-order chi connectivity index (χ0) is 35.8. The molecular formula is C51H40N2. The van der Waals surface area contributed by atoms with Crippen LogP contribution in [0.3, 0.4) is 0 Å². The molecule has 53 heavy (non-hydrogen) atoms. The Balaban J connectivity index is 1.05. The number of hydrogen-bond acceptors (Lipinski definition) is 2. The summed E-state index contributed by atoms with van der Waals surface area (Å²) in [5.41, 5.74) is 15.1. The second-order valence-electron chi connectivity index (χ2n) is 13.2. The molecule has 0 spiro atoms. The van der Waals surface area contributed by atoms with Crippen molar-refractivity contribution in [3.8, 4) is 22.3 Å². The Morgan fingerprint density at radius 2 is 0.604 bits per heavy atom. The molecule has 0 saturated carbocycles. The van der Waals surface area contributed by atoms with Crippen molar-refractivity contribution in [3.05, 3.63) is 229 Å². The molecule has 0 saturated heterocycles. The van der Waals surface area contributed by atoms with Crippen molar-refractivity contribution in [2.75, 3.05) is 9.80 Å². The van der Waals surface area contributed by atoms with Gasteiger partial charge in [-0.05, 0) is 119 Å². The summed E-state index contributed by atoms with van der Waals surface area (Å²) in [6, 6.07) is 75.5. The summed E-state index contributed by atoms with van der Waals surface area (Å²) >= 11 is 0. The first-order chi connectivity index (χ1) is 26.2. The van der Waals surface area contributed by atoms with E-state index in [9.17, 15) is 0 Å². The van der Waals surface area contributed by atoms with E-state index < -0.39 is 0 Å². The van der Waals surface area contributed by atoms with E-state index in [-0.39, 0.29) is 0 Å². The molecule has 0 fully saturated rings. The van der Waals surface area contributed by atoms with Gasteiger partial charge in [-0.15, -0.1) is 0 Å². The maximum absolute atomic E-state index is 2.32. The summed E-state index contributed by atoms with van der Waals surface area (Å²) in [7, 11) is 0. The Labute approximate surface area is 313 Å². The van der Waals surface area contributed by atoms with E-state index in [0.717, 1.165) is 45.3 Å².